The van der Waals surface area contributed by atoms with E-state index in [1.54, 1.807) is 4.88 Å². The third-order valence-corrected chi connectivity index (χ3v) is 5.17. The Balaban J connectivity index is 1.56. The number of hydrogen-bond donors (Lipinski definition) is 0. The molecule has 104 valence electrons. The van der Waals surface area contributed by atoms with Crippen molar-refractivity contribution in [2.24, 2.45) is 5.41 Å². The van der Waals surface area contributed by atoms with Gasteiger partial charge in [0, 0.05) is 42.5 Å². The van der Waals surface area contributed by atoms with Crippen LogP contribution in [0.4, 0.5) is 0 Å². The van der Waals surface area contributed by atoms with Gasteiger partial charge in [-0.25, -0.2) is 0 Å². The molecule has 0 N–H and O–H groups in total. The summed E-state index contributed by atoms with van der Waals surface area (Å²) in [5.74, 6) is 0.289. The lowest BCUT2D eigenvalue weighted by Gasteiger charge is -2.48. The number of carbonyl (C=O) groups excluding carboxylic acids is 1. The van der Waals surface area contributed by atoms with Crippen LogP contribution >= 0.6 is 11.3 Å². The average Bonchev–Trinajstić information content (AvgIpc) is 2.72. The molecule has 0 spiro atoms. The number of amides is 1. The first-order chi connectivity index (χ1) is 8.95. The molecule has 0 atom stereocenters. The molecule has 4 heteroatoms. The molecular weight excluding hydrogens is 256 g/mol. The molecule has 2 aliphatic heterocycles. The maximum Gasteiger partial charge on any atom is 0.228 e. The van der Waals surface area contributed by atoms with Gasteiger partial charge < -0.3 is 4.90 Å². The second-order valence-corrected chi connectivity index (χ2v) is 7.70. The van der Waals surface area contributed by atoms with Gasteiger partial charge in [-0.1, -0.05) is 20.8 Å². The Hall–Kier alpha value is -0.870. The van der Waals surface area contributed by atoms with Gasteiger partial charge >= 0.3 is 0 Å². The molecule has 1 fully saturated rings. The van der Waals surface area contributed by atoms with E-state index in [0.717, 1.165) is 26.2 Å². The zero-order chi connectivity index (χ0) is 13.6. The highest BCUT2D eigenvalue weighted by Gasteiger charge is 2.39. The lowest BCUT2D eigenvalue weighted by atomic mass is 9.91. The molecule has 3 rings (SSSR count). The summed E-state index contributed by atoms with van der Waals surface area (Å²) in [6.45, 7) is 10.0. The van der Waals surface area contributed by atoms with Crippen LogP contribution in [0.15, 0.2) is 11.4 Å². The summed E-state index contributed by atoms with van der Waals surface area (Å²) in [7, 11) is 0. The molecule has 0 aromatic carbocycles. The van der Waals surface area contributed by atoms with Crippen LogP contribution in [0.3, 0.4) is 0 Å². The normalized spacial score (nSPS) is 21.1. The monoisotopic (exact) mass is 278 g/mol. The van der Waals surface area contributed by atoms with Gasteiger partial charge in [0.1, 0.15) is 0 Å². The van der Waals surface area contributed by atoms with Crippen molar-refractivity contribution in [3.63, 3.8) is 0 Å². The quantitative estimate of drug-likeness (QED) is 0.787. The number of likely N-dealkylation sites (tertiary alicyclic amines) is 1. The van der Waals surface area contributed by atoms with E-state index in [0.29, 0.717) is 6.04 Å². The Morgan fingerprint density at radius 1 is 1.37 bits per heavy atom. The van der Waals surface area contributed by atoms with Crippen molar-refractivity contribution in [1.29, 1.82) is 0 Å². The molecule has 1 aromatic rings. The summed E-state index contributed by atoms with van der Waals surface area (Å²) >= 11 is 1.88. The average molecular weight is 278 g/mol. The number of hydrogen-bond acceptors (Lipinski definition) is 3. The van der Waals surface area contributed by atoms with Crippen molar-refractivity contribution in [2.75, 3.05) is 19.6 Å². The molecule has 0 radical (unpaired) electrons. The van der Waals surface area contributed by atoms with Crippen LogP contribution in [0.1, 0.15) is 31.2 Å². The van der Waals surface area contributed by atoms with Crippen LogP contribution in [-0.4, -0.2) is 41.4 Å². The third-order valence-electron chi connectivity index (χ3n) is 4.14. The first-order valence-corrected chi connectivity index (χ1v) is 7.92. The van der Waals surface area contributed by atoms with Gasteiger partial charge in [-0.2, -0.15) is 0 Å². The van der Waals surface area contributed by atoms with Crippen molar-refractivity contribution < 1.29 is 4.79 Å². The minimum atomic E-state index is -0.243. The standard InChI is InChI=1S/C15H22N2OS/c1-15(2,3)14(18)17-9-12(10-17)16-6-4-13-11(8-16)5-7-19-13/h5,7,12H,4,6,8-10H2,1-3H3. The van der Waals surface area contributed by atoms with Gasteiger partial charge in [-0.15, -0.1) is 11.3 Å². The van der Waals surface area contributed by atoms with Gasteiger partial charge in [-0.3, -0.25) is 9.69 Å². The van der Waals surface area contributed by atoms with Crippen molar-refractivity contribution in [2.45, 2.75) is 39.8 Å². The third kappa shape index (κ3) is 2.43. The molecule has 2 aliphatic rings. The fourth-order valence-electron chi connectivity index (χ4n) is 2.91. The predicted molar refractivity (Wildman–Crippen MR) is 78.3 cm³/mol. The number of rotatable bonds is 1. The lowest BCUT2D eigenvalue weighted by molar-refractivity contribution is -0.147. The largest absolute Gasteiger partial charge is 0.339 e. The molecule has 3 nitrogen and oxygen atoms in total. The number of fused-ring (bicyclic) bond motifs is 1. The van der Waals surface area contributed by atoms with Crippen molar-refractivity contribution in [3.05, 3.63) is 21.9 Å². The highest BCUT2D eigenvalue weighted by molar-refractivity contribution is 7.10. The van der Waals surface area contributed by atoms with Gasteiger partial charge in [0.15, 0.2) is 0 Å². The van der Waals surface area contributed by atoms with E-state index >= 15 is 0 Å². The predicted octanol–water partition coefficient (Wildman–Crippen LogP) is 2.36. The summed E-state index contributed by atoms with van der Waals surface area (Å²) in [5.41, 5.74) is 1.25. The van der Waals surface area contributed by atoms with Crippen LogP contribution in [0.2, 0.25) is 0 Å². The maximum atomic E-state index is 12.1. The summed E-state index contributed by atoms with van der Waals surface area (Å²) in [5, 5.41) is 2.20. The molecular formula is C15H22N2OS. The summed E-state index contributed by atoms with van der Waals surface area (Å²) in [6.07, 6.45) is 1.18. The van der Waals surface area contributed by atoms with Gasteiger partial charge in [0.25, 0.3) is 0 Å². The van der Waals surface area contributed by atoms with Crippen LogP contribution < -0.4 is 0 Å². The molecule has 1 saturated heterocycles. The summed E-state index contributed by atoms with van der Waals surface area (Å²) < 4.78 is 0. The summed E-state index contributed by atoms with van der Waals surface area (Å²) in [6, 6.07) is 2.82. The van der Waals surface area contributed by atoms with E-state index in [9.17, 15) is 4.79 Å². The topological polar surface area (TPSA) is 23.6 Å². The first kappa shape index (κ1) is 13.1. The van der Waals surface area contributed by atoms with E-state index < -0.39 is 0 Å². The Bertz CT molecular complexity index is 483. The molecule has 1 aromatic heterocycles. The molecule has 0 bridgehead atoms. The zero-order valence-electron chi connectivity index (χ0n) is 12.0. The Morgan fingerprint density at radius 3 is 2.79 bits per heavy atom. The highest BCUT2D eigenvalue weighted by Crippen LogP contribution is 2.29. The SMILES string of the molecule is CC(C)(C)C(=O)N1CC(N2CCc3sccc3C2)C1. The van der Waals surface area contributed by atoms with Gasteiger partial charge in [-0.05, 0) is 23.4 Å². The van der Waals surface area contributed by atoms with Gasteiger partial charge in [0.2, 0.25) is 5.91 Å². The van der Waals surface area contributed by atoms with Crippen LogP contribution in [-0.2, 0) is 17.8 Å². The molecule has 0 saturated carbocycles. The molecule has 0 unspecified atom stereocenters. The fraction of sp³-hybridized carbons (Fsp3) is 0.667. The lowest BCUT2D eigenvalue weighted by Crippen LogP contribution is -2.63. The zero-order valence-corrected chi connectivity index (χ0v) is 12.8. The van der Waals surface area contributed by atoms with Crippen LogP contribution in [0, 0.1) is 5.41 Å². The number of thiophene rings is 1. The van der Waals surface area contributed by atoms with Crippen molar-refractivity contribution in [3.8, 4) is 0 Å². The number of nitrogens with zero attached hydrogens (tertiary/aromatic N) is 2. The van der Waals surface area contributed by atoms with E-state index in [-0.39, 0.29) is 11.3 Å². The van der Waals surface area contributed by atoms with E-state index in [4.69, 9.17) is 0 Å². The highest BCUT2D eigenvalue weighted by atomic mass is 32.1. The Kier molecular flexibility index (Phi) is 3.18. The van der Waals surface area contributed by atoms with Gasteiger partial charge in [0.05, 0.1) is 0 Å². The van der Waals surface area contributed by atoms with E-state index in [1.807, 2.05) is 37.0 Å². The fourth-order valence-corrected chi connectivity index (χ4v) is 3.80. The Labute approximate surface area is 119 Å². The molecule has 1 amide bonds. The smallest absolute Gasteiger partial charge is 0.228 e. The second kappa shape index (κ2) is 4.60. The molecule has 0 aliphatic carbocycles. The summed E-state index contributed by atoms with van der Waals surface area (Å²) in [4.78, 5) is 18.2. The maximum absolute atomic E-state index is 12.1. The second-order valence-electron chi connectivity index (χ2n) is 6.70. The minimum Gasteiger partial charge on any atom is -0.339 e. The van der Waals surface area contributed by atoms with E-state index in [2.05, 4.69) is 16.3 Å². The minimum absolute atomic E-state index is 0.243. The molecule has 3 heterocycles. The van der Waals surface area contributed by atoms with Crippen molar-refractivity contribution in [1.82, 2.24) is 9.80 Å². The van der Waals surface area contributed by atoms with Crippen molar-refractivity contribution >= 4 is 17.2 Å². The van der Waals surface area contributed by atoms with E-state index in [1.165, 1.54) is 12.0 Å². The first-order valence-electron chi connectivity index (χ1n) is 7.04. The number of carbonyl (C=O) groups is 1. The molecule has 19 heavy (non-hydrogen) atoms. The van der Waals surface area contributed by atoms with Crippen LogP contribution in [0.5, 0.6) is 0 Å². The Morgan fingerprint density at radius 2 is 2.11 bits per heavy atom. The van der Waals surface area contributed by atoms with Crippen LogP contribution in [0.25, 0.3) is 0 Å².